The van der Waals surface area contributed by atoms with Gasteiger partial charge in [-0.15, -0.1) is 0 Å². The minimum atomic E-state index is -1.15. The monoisotopic (exact) mass is 285 g/mol. The smallest absolute Gasteiger partial charge is 0.353 e. The Morgan fingerprint density at radius 1 is 1.38 bits per heavy atom. The quantitative estimate of drug-likeness (QED) is 0.671. The minimum absolute atomic E-state index is 0.101. The van der Waals surface area contributed by atoms with Gasteiger partial charge in [-0.1, -0.05) is 6.07 Å². The first-order valence-electron chi connectivity index (χ1n) is 6.09. The van der Waals surface area contributed by atoms with Gasteiger partial charge < -0.3 is 14.8 Å². The van der Waals surface area contributed by atoms with Crippen molar-refractivity contribution < 1.29 is 14.7 Å². The predicted octanol–water partition coefficient (Wildman–Crippen LogP) is 1.32. The molecule has 0 spiro atoms. The van der Waals surface area contributed by atoms with Crippen LogP contribution in [-0.4, -0.2) is 36.6 Å². The fourth-order valence-electron chi connectivity index (χ4n) is 1.93. The third-order valence-corrected chi connectivity index (χ3v) is 2.98. The number of carboxylic acids is 1. The molecule has 3 rings (SSSR count). The Labute approximate surface area is 118 Å². The molecule has 0 fully saturated rings. The summed E-state index contributed by atoms with van der Waals surface area (Å²) in [6, 6.07) is 6.79. The van der Waals surface area contributed by atoms with Gasteiger partial charge in [0.1, 0.15) is 17.0 Å². The second-order valence-electron chi connectivity index (χ2n) is 4.45. The number of nitrogens with one attached hydrogen (secondary N) is 2. The lowest BCUT2D eigenvalue weighted by Gasteiger charge is -1.97. The lowest BCUT2D eigenvalue weighted by molar-refractivity contribution is 0.0690. The zero-order chi connectivity index (χ0) is 15.0. The second-order valence-corrected chi connectivity index (χ2v) is 4.45. The van der Waals surface area contributed by atoms with E-state index in [1.54, 1.807) is 16.7 Å². The molecule has 0 saturated heterocycles. The highest BCUT2D eigenvalue weighted by atomic mass is 16.4. The zero-order valence-corrected chi connectivity index (χ0v) is 11.0. The van der Waals surface area contributed by atoms with Crippen LogP contribution in [0.1, 0.15) is 26.7 Å². The van der Waals surface area contributed by atoms with E-state index in [2.05, 4.69) is 20.5 Å². The van der Waals surface area contributed by atoms with Crippen molar-refractivity contribution in [3.8, 4) is 0 Å². The number of carboxylic acid groups (broad SMARTS) is 1. The van der Waals surface area contributed by atoms with E-state index in [1.807, 2.05) is 19.1 Å². The molecule has 0 unspecified atom stereocenters. The van der Waals surface area contributed by atoms with Crippen molar-refractivity contribution in [2.24, 2.45) is 0 Å². The van der Waals surface area contributed by atoms with Gasteiger partial charge in [-0.25, -0.2) is 9.78 Å². The number of hydrogen-bond donors (Lipinski definition) is 3. The maximum atomic E-state index is 12.1. The Kier molecular flexibility index (Phi) is 2.90. The number of carbonyl (C=O) groups excluding carboxylic acids is 1. The largest absolute Gasteiger partial charge is 0.477 e. The predicted molar refractivity (Wildman–Crippen MR) is 73.4 cm³/mol. The van der Waals surface area contributed by atoms with Crippen LogP contribution < -0.4 is 5.32 Å². The number of anilines is 1. The highest BCUT2D eigenvalue weighted by Gasteiger charge is 2.14. The molecule has 0 atom stereocenters. The highest BCUT2D eigenvalue weighted by molar-refractivity contribution is 6.03. The van der Waals surface area contributed by atoms with Gasteiger partial charge in [0, 0.05) is 18.0 Å². The van der Waals surface area contributed by atoms with Crippen molar-refractivity contribution in [3.63, 3.8) is 0 Å². The highest BCUT2D eigenvalue weighted by Crippen LogP contribution is 2.11. The van der Waals surface area contributed by atoms with E-state index in [-0.39, 0.29) is 17.2 Å². The molecule has 0 bridgehead atoms. The number of fused-ring (bicyclic) bond motifs is 1. The standard InChI is InChI=1S/C13H11N5O3/c1-7-3-2-4-11-14-9(6-18(7)11)12(19)15-10-5-8(13(20)21)16-17-10/h2-6H,1H3,(H,20,21)(H2,15,16,17,19). The molecule has 1 amide bonds. The first-order chi connectivity index (χ1) is 10.0. The Balaban J connectivity index is 1.86. The summed E-state index contributed by atoms with van der Waals surface area (Å²) >= 11 is 0. The first-order valence-corrected chi connectivity index (χ1v) is 6.09. The molecule has 0 aromatic carbocycles. The molecule has 0 aliphatic carbocycles. The van der Waals surface area contributed by atoms with Crippen LogP contribution in [0, 0.1) is 6.92 Å². The molecule has 106 valence electrons. The van der Waals surface area contributed by atoms with Crippen LogP contribution in [0.25, 0.3) is 5.65 Å². The Hall–Kier alpha value is -3.16. The fraction of sp³-hybridized carbons (Fsp3) is 0.0769. The van der Waals surface area contributed by atoms with Crippen molar-refractivity contribution in [1.82, 2.24) is 19.6 Å². The number of aromatic carboxylic acids is 1. The number of imidazole rings is 1. The van der Waals surface area contributed by atoms with Crippen molar-refractivity contribution >= 4 is 23.3 Å². The molecular weight excluding hydrogens is 274 g/mol. The second kappa shape index (κ2) is 4.75. The summed E-state index contributed by atoms with van der Waals surface area (Å²) in [5.41, 5.74) is 1.74. The van der Waals surface area contributed by atoms with Gasteiger partial charge >= 0.3 is 5.97 Å². The zero-order valence-electron chi connectivity index (χ0n) is 11.0. The maximum absolute atomic E-state index is 12.1. The number of aromatic nitrogens is 4. The normalized spacial score (nSPS) is 10.7. The topological polar surface area (TPSA) is 112 Å². The Bertz CT molecular complexity index is 848. The molecule has 8 nitrogen and oxygen atoms in total. The molecule has 0 aliphatic heterocycles. The molecule has 3 aromatic heterocycles. The number of pyridine rings is 1. The summed E-state index contributed by atoms with van der Waals surface area (Å²) in [5.74, 6) is -1.47. The molecule has 3 aromatic rings. The van der Waals surface area contributed by atoms with Crippen LogP contribution in [0.5, 0.6) is 0 Å². The summed E-state index contributed by atoms with van der Waals surface area (Å²) in [4.78, 5) is 27.0. The third-order valence-electron chi connectivity index (χ3n) is 2.98. The van der Waals surface area contributed by atoms with Crippen LogP contribution in [-0.2, 0) is 0 Å². The molecule has 8 heteroatoms. The number of nitrogens with zero attached hydrogens (tertiary/aromatic N) is 3. The lowest BCUT2D eigenvalue weighted by Crippen LogP contribution is -2.12. The van der Waals surface area contributed by atoms with E-state index in [4.69, 9.17) is 5.11 Å². The van der Waals surface area contributed by atoms with Gasteiger partial charge in [0.25, 0.3) is 5.91 Å². The van der Waals surface area contributed by atoms with Gasteiger partial charge in [-0.05, 0) is 19.1 Å². The number of H-pyrrole nitrogens is 1. The third kappa shape index (κ3) is 2.34. The summed E-state index contributed by atoms with van der Waals surface area (Å²) < 4.78 is 1.79. The summed E-state index contributed by atoms with van der Waals surface area (Å²) in [5, 5.41) is 17.3. The average Bonchev–Trinajstić information content (AvgIpc) is 3.05. The van der Waals surface area contributed by atoms with Crippen molar-refractivity contribution in [2.75, 3.05) is 5.32 Å². The van der Waals surface area contributed by atoms with Gasteiger partial charge in [0.15, 0.2) is 5.82 Å². The Morgan fingerprint density at radius 2 is 2.19 bits per heavy atom. The van der Waals surface area contributed by atoms with Gasteiger partial charge in [0.05, 0.1) is 0 Å². The van der Waals surface area contributed by atoms with Crippen molar-refractivity contribution in [3.05, 3.63) is 47.5 Å². The molecule has 0 aliphatic rings. The van der Waals surface area contributed by atoms with E-state index >= 15 is 0 Å². The number of amides is 1. The first kappa shape index (κ1) is 12.9. The maximum Gasteiger partial charge on any atom is 0.353 e. The van der Waals surface area contributed by atoms with Crippen LogP contribution in [0.4, 0.5) is 5.82 Å². The van der Waals surface area contributed by atoms with Crippen molar-refractivity contribution in [1.29, 1.82) is 0 Å². The van der Waals surface area contributed by atoms with Crippen LogP contribution in [0.2, 0.25) is 0 Å². The van der Waals surface area contributed by atoms with E-state index in [0.717, 1.165) is 5.69 Å². The number of hydrogen-bond acceptors (Lipinski definition) is 4. The molecule has 0 saturated carbocycles. The van der Waals surface area contributed by atoms with Crippen molar-refractivity contribution in [2.45, 2.75) is 6.92 Å². The number of carbonyl (C=O) groups is 2. The summed E-state index contributed by atoms with van der Waals surface area (Å²) in [6.45, 7) is 1.91. The van der Waals surface area contributed by atoms with E-state index in [0.29, 0.717) is 5.65 Å². The van der Waals surface area contributed by atoms with Gasteiger partial charge in [-0.3, -0.25) is 9.89 Å². The lowest BCUT2D eigenvalue weighted by atomic mass is 10.4. The number of rotatable bonds is 3. The van der Waals surface area contributed by atoms with E-state index in [1.165, 1.54) is 6.07 Å². The van der Waals surface area contributed by atoms with E-state index < -0.39 is 11.9 Å². The Morgan fingerprint density at radius 3 is 2.86 bits per heavy atom. The van der Waals surface area contributed by atoms with Gasteiger partial charge in [0.2, 0.25) is 0 Å². The van der Waals surface area contributed by atoms with Crippen LogP contribution in [0.15, 0.2) is 30.5 Å². The molecule has 3 heterocycles. The molecule has 0 radical (unpaired) electrons. The summed E-state index contributed by atoms with van der Waals surface area (Å²) in [7, 11) is 0. The SMILES string of the molecule is Cc1cccc2nc(C(=O)Nc3cc(C(=O)O)[nH]n3)cn12. The van der Waals surface area contributed by atoms with E-state index in [9.17, 15) is 9.59 Å². The van der Waals surface area contributed by atoms with Crippen LogP contribution in [0.3, 0.4) is 0 Å². The van der Waals surface area contributed by atoms with Crippen LogP contribution >= 0.6 is 0 Å². The molecule has 3 N–H and O–H groups in total. The van der Waals surface area contributed by atoms with Gasteiger partial charge in [-0.2, -0.15) is 5.10 Å². The summed E-state index contributed by atoms with van der Waals surface area (Å²) in [6.07, 6.45) is 1.62. The minimum Gasteiger partial charge on any atom is -0.477 e. The number of aryl methyl sites for hydroxylation is 1. The molecule has 21 heavy (non-hydrogen) atoms. The number of aromatic amines is 1. The average molecular weight is 285 g/mol. The molecular formula is C13H11N5O3. The fourth-order valence-corrected chi connectivity index (χ4v) is 1.93.